The molecule has 0 spiro atoms. The van der Waals surface area contributed by atoms with Crippen LogP contribution in [0.5, 0.6) is 0 Å². The number of rotatable bonds is 6. The van der Waals surface area contributed by atoms with E-state index in [1.54, 1.807) is 0 Å². The second-order valence-electron chi connectivity index (χ2n) is 5.35. The molecule has 2 rings (SSSR count). The van der Waals surface area contributed by atoms with E-state index in [-0.39, 0.29) is 17.9 Å². The molecule has 0 aliphatic carbocycles. The predicted octanol–water partition coefficient (Wildman–Crippen LogP) is 5.27. The number of nitrogens with zero attached hydrogens (tertiary/aromatic N) is 1. The third-order valence-corrected chi connectivity index (χ3v) is 3.97. The number of hydrogen-bond acceptors (Lipinski definition) is 1. The van der Waals surface area contributed by atoms with Gasteiger partial charge in [-0.15, -0.1) is 6.58 Å². The Morgan fingerprint density at radius 1 is 1.00 bits per heavy atom. The van der Waals surface area contributed by atoms with Gasteiger partial charge in [0.25, 0.3) is 0 Å². The Morgan fingerprint density at radius 2 is 1.42 bits per heavy atom. The van der Waals surface area contributed by atoms with Crippen LogP contribution in [0.3, 0.4) is 0 Å². The minimum Gasteiger partial charge on any atom is -0.336 e. The molecule has 0 aromatic heterocycles. The Kier molecular flexibility index (Phi) is 8.56. The normalized spacial score (nSPS) is 11.2. The third kappa shape index (κ3) is 4.82. The number of carbonyl (C=O) groups excluding carboxylic acids is 1. The number of amides is 1. The molecule has 24 heavy (non-hydrogen) atoms. The summed E-state index contributed by atoms with van der Waals surface area (Å²) >= 11 is 0. The van der Waals surface area contributed by atoms with Crippen LogP contribution >= 0.6 is 0 Å². The van der Waals surface area contributed by atoms with E-state index in [1.165, 1.54) is 0 Å². The fourth-order valence-electron chi connectivity index (χ4n) is 2.71. The number of carbonyl (C=O) groups is 1. The molecule has 0 saturated heterocycles. The smallest absolute Gasteiger partial charge is 0.235 e. The molecule has 0 aliphatic heterocycles. The van der Waals surface area contributed by atoms with Gasteiger partial charge in [0.2, 0.25) is 5.91 Å². The van der Waals surface area contributed by atoms with Gasteiger partial charge in [-0.2, -0.15) is 0 Å². The zero-order valence-corrected chi connectivity index (χ0v) is 15.3. The van der Waals surface area contributed by atoms with E-state index in [1.807, 2.05) is 99.3 Å². The number of benzene rings is 2. The maximum atomic E-state index is 13.2. The van der Waals surface area contributed by atoms with Crippen molar-refractivity contribution in [1.82, 2.24) is 4.90 Å². The minimum absolute atomic E-state index is 0.0208. The van der Waals surface area contributed by atoms with Gasteiger partial charge in [0.05, 0.1) is 5.92 Å². The van der Waals surface area contributed by atoms with E-state index >= 15 is 0 Å². The molecule has 0 aliphatic rings. The van der Waals surface area contributed by atoms with Crippen LogP contribution in [0.2, 0.25) is 0 Å². The highest BCUT2D eigenvalue weighted by atomic mass is 16.2. The fraction of sp³-hybridized carbons (Fsp3) is 0.318. The molecule has 0 saturated carbocycles. The van der Waals surface area contributed by atoms with Gasteiger partial charge >= 0.3 is 0 Å². The molecule has 2 nitrogen and oxygen atoms in total. The van der Waals surface area contributed by atoms with Crippen LogP contribution in [-0.2, 0) is 4.79 Å². The predicted molar refractivity (Wildman–Crippen MR) is 103 cm³/mol. The van der Waals surface area contributed by atoms with Crippen molar-refractivity contribution in [3.63, 3.8) is 0 Å². The molecule has 1 unspecified atom stereocenters. The van der Waals surface area contributed by atoms with Gasteiger partial charge in [-0.25, -0.2) is 0 Å². The van der Waals surface area contributed by atoms with E-state index in [9.17, 15) is 4.79 Å². The van der Waals surface area contributed by atoms with Crippen molar-refractivity contribution in [2.45, 2.75) is 39.7 Å². The highest BCUT2D eigenvalue weighted by molar-refractivity contribution is 5.87. The van der Waals surface area contributed by atoms with Crippen LogP contribution in [0.25, 0.3) is 0 Å². The molecule has 0 fully saturated rings. The molecule has 1 amide bonds. The molecular formula is C22H29NO. The third-order valence-electron chi connectivity index (χ3n) is 3.97. The van der Waals surface area contributed by atoms with E-state index in [4.69, 9.17) is 0 Å². The Bertz CT molecular complexity index is 567. The summed E-state index contributed by atoms with van der Waals surface area (Å²) in [5.41, 5.74) is 2.04. The summed E-state index contributed by atoms with van der Waals surface area (Å²) in [7, 11) is 0. The highest BCUT2D eigenvalue weighted by Crippen LogP contribution is 2.27. The van der Waals surface area contributed by atoms with E-state index in [0.717, 1.165) is 11.1 Å². The molecular weight excluding hydrogens is 294 g/mol. The van der Waals surface area contributed by atoms with E-state index < -0.39 is 0 Å². The summed E-state index contributed by atoms with van der Waals surface area (Å²) < 4.78 is 0. The maximum absolute atomic E-state index is 13.2. The van der Waals surface area contributed by atoms with Gasteiger partial charge in [0.15, 0.2) is 0 Å². The van der Waals surface area contributed by atoms with Crippen molar-refractivity contribution >= 4 is 5.91 Å². The van der Waals surface area contributed by atoms with Gasteiger partial charge in [0.1, 0.15) is 0 Å². The molecule has 2 heteroatoms. The van der Waals surface area contributed by atoms with Gasteiger partial charge < -0.3 is 4.90 Å². The van der Waals surface area contributed by atoms with Gasteiger partial charge in [-0.05, 0) is 25.0 Å². The minimum atomic E-state index is -0.273. The van der Waals surface area contributed by atoms with Crippen molar-refractivity contribution in [3.05, 3.63) is 84.4 Å². The van der Waals surface area contributed by atoms with Crippen LogP contribution in [0.15, 0.2) is 73.3 Å². The molecule has 0 bridgehead atoms. The average molecular weight is 323 g/mol. The van der Waals surface area contributed by atoms with Crippen molar-refractivity contribution in [2.24, 2.45) is 0 Å². The van der Waals surface area contributed by atoms with Crippen LogP contribution in [0.4, 0.5) is 0 Å². The molecule has 0 N–H and O–H groups in total. The Morgan fingerprint density at radius 3 is 1.75 bits per heavy atom. The molecule has 128 valence electrons. The molecule has 2 aromatic rings. The van der Waals surface area contributed by atoms with Gasteiger partial charge in [-0.1, -0.05) is 80.6 Å². The molecule has 1 atom stereocenters. The number of likely N-dealkylation sites (N-methyl/N-ethyl adjacent to an activating group) is 1. The summed E-state index contributed by atoms with van der Waals surface area (Å²) in [6.07, 6.45) is 1.81. The first-order valence-electron chi connectivity index (χ1n) is 8.72. The molecule has 0 radical (unpaired) electrons. The molecule has 2 aromatic carbocycles. The van der Waals surface area contributed by atoms with Crippen molar-refractivity contribution in [1.29, 1.82) is 0 Å². The lowest BCUT2D eigenvalue weighted by atomic mass is 9.89. The monoisotopic (exact) mass is 323 g/mol. The van der Waals surface area contributed by atoms with Crippen LogP contribution in [0.1, 0.15) is 44.7 Å². The SMILES string of the molecule is C=CC(C)N(CC)C(=O)C(c1ccccc1)c1ccccc1.CC. The quantitative estimate of drug-likeness (QED) is 0.663. The zero-order chi connectivity index (χ0) is 17.9. The lowest BCUT2D eigenvalue weighted by Gasteiger charge is -2.30. The zero-order valence-electron chi connectivity index (χ0n) is 15.3. The number of hydrogen-bond donors (Lipinski definition) is 0. The fourth-order valence-corrected chi connectivity index (χ4v) is 2.71. The van der Waals surface area contributed by atoms with Gasteiger partial charge in [0, 0.05) is 12.6 Å². The Labute approximate surface area is 146 Å². The van der Waals surface area contributed by atoms with E-state index in [2.05, 4.69) is 6.58 Å². The lowest BCUT2D eigenvalue weighted by molar-refractivity contribution is -0.132. The maximum Gasteiger partial charge on any atom is 0.235 e. The first kappa shape index (κ1) is 19.7. The molecule has 0 heterocycles. The van der Waals surface area contributed by atoms with Crippen molar-refractivity contribution in [3.8, 4) is 0 Å². The summed E-state index contributed by atoms with van der Waals surface area (Å²) in [4.78, 5) is 15.0. The van der Waals surface area contributed by atoms with Crippen molar-refractivity contribution in [2.75, 3.05) is 6.54 Å². The van der Waals surface area contributed by atoms with E-state index in [0.29, 0.717) is 6.54 Å². The first-order valence-corrected chi connectivity index (χ1v) is 8.72. The van der Waals surface area contributed by atoms with Crippen molar-refractivity contribution < 1.29 is 4.79 Å². The second-order valence-corrected chi connectivity index (χ2v) is 5.35. The largest absolute Gasteiger partial charge is 0.336 e. The lowest BCUT2D eigenvalue weighted by Crippen LogP contribution is -2.40. The summed E-state index contributed by atoms with van der Waals surface area (Å²) in [5, 5.41) is 0. The summed E-state index contributed by atoms with van der Waals surface area (Å²) in [6, 6.07) is 19.9. The Hall–Kier alpha value is -2.35. The van der Waals surface area contributed by atoms with Gasteiger partial charge in [-0.3, -0.25) is 4.79 Å². The van der Waals surface area contributed by atoms with Crippen LogP contribution in [0, 0.1) is 0 Å². The average Bonchev–Trinajstić information content (AvgIpc) is 2.66. The van der Waals surface area contributed by atoms with Crippen LogP contribution in [-0.4, -0.2) is 23.4 Å². The topological polar surface area (TPSA) is 20.3 Å². The summed E-state index contributed by atoms with van der Waals surface area (Å²) in [5.74, 6) is -0.156. The van der Waals surface area contributed by atoms with Crippen LogP contribution < -0.4 is 0 Å². The Balaban J connectivity index is 0.00000139. The highest BCUT2D eigenvalue weighted by Gasteiger charge is 2.28. The summed E-state index contributed by atoms with van der Waals surface area (Å²) in [6.45, 7) is 12.5. The standard InChI is InChI=1S/C20H23NO.C2H6/c1-4-16(3)21(5-2)20(22)19(17-12-8-6-9-13-17)18-14-10-7-11-15-18;1-2/h4,6-16,19H,1,5H2,2-3H3;1-2H3. The first-order chi connectivity index (χ1) is 11.7. The second kappa shape index (κ2) is 10.4.